The van der Waals surface area contributed by atoms with Gasteiger partial charge in [-0.25, -0.2) is 8.78 Å². The third kappa shape index (κ3) is 4.46. The Morgan fingerprint density at radius 3 is 2.26 bits per heavy atom. The molecule has 118 valence electrons. The Bertz CT molecular complexity index is 709. The van der Waals surface area contributed by atoms with Crippen LogP contribution in [0.15, 0.2) is 36.4 Å². The molecule has 0 radical (unpaired) electrons. The van der Waals surface area contributed by atoms with Gasteiger partial charge in [-0.15, -0.1) is 0 Å². The molecule has 0 bridgehead atoms. The summed E-state index contributed by atoms with van der Waals surface area (Å²) >= 11 is 0. The largest absolute Gasteiger partial charge is 0.303 e. The van der Waals surface area contributed by atoms with Gasteiger partial charge in [-0.1, -0.05) is 12.1 Å². The second-order valence-electron chi connectivity index (χ2n) is 5.63. The summed E-state index contributed by atoms with van der Waals surface area (Å²) in [6.07, 6.45) is 2.41. The summed E-state index contributed by atoms with van der Waals surface area (Å²) in [5, 5.41) is 8.76. The van der Waals surface area contributed by atoms with Gasteiger partial charge in [0.2, 0.25) is 0 Å². The molecule has 0 aromatic heterocycles. The molecule has 0 aliphatic heterocycles. The van der Waals surface area contributed by atoms with E-state index < -0.39 is 11.6 Å². The van der Waals surface area contributed by atoms with Crippen molar-refractivity contribution in [1.29, 1.82) is 5.26 Å². The number of carbonyl (C=O) groups excluding carboxylic acids is 1. The van der Waals surface area contributed by atoms with Gasteiger partial charge in [-0.2, -0.15) is 5.26 Å². The van der Waals surface area contributed by atoms with E-state index in [1.54, 1.807) is 12.1 Å². The molecule has 0 saturated carbocycles. The molecule has 0 aliphatic carbocycles. The lowest BCUT2D eigenvalue weighted by Crippen LogP contribution is -2.09. The predicted octanol–water partition coefficient (Wildman–Crippen LogP) is 4.14. The Morgan fingerprint density at radius 2 is 1.74 bits per heavy atom. The van der Waals surface area contributed by atoms with Gasteiger partial charge < -0.3 is 4.79 Å². The highest BCUT2D eigenvalue weighted by atomic mass is 19.1. The van der Waals surface area contributed by atoms with Crippen molar-refractivity contribution in [2.24, 2.45) is 5.92 Å². The molecule has 1 atom stereocenters. The summed E-state index contributed by atoms with van der Waals surface area (Å²) < 4.78 is 27.1. The first-order valence-corrected chi connectivity index (χ1v) is 7.42. The maximum atomic E-state index is 13.6. The van der Waals surface area contributed by atoms with E-state index in [1.165, 1.54) is 19.1 Å². The standard InChI is InChI=1S/C19H17F2NO/c1-13-18(20)9-17(10-19(13)21)8-16(12-23)7-4-14-2-5-15(11-22)6-3-14/h2-3,5-6,9-10,12,16H,4,7-8H2,1H3. The van der Waals surface area contributed by atoms with E-state index in [0.717, 1.165) is 11.8 Å². The topological polar surface area (TPSA) is 40.9 Å². The van der Waals surface area contributed by atoms with Crippen LogP contribution < -0.4 is 0 Å². The minimum Gasteiger partial charge on any atom is -0.303 e. The van der Waals surface area contributed by atoms with E-state index in [-0.39, 0.29) is 11.5 Å². The van der Waals surface area contributed by atoms with Crippen molar-refractivity contribution < 1.29 is 13.6 Å². The summed E-state index contributed by atoms with van der Waals surface area (Å²) in [6, 6.07) is 11.8. The molecular formula is C19H17F2NO. The Kier molecular flexibility index (Phi) is 5.59. The maximum Gasteiger partial charge on any atom is 0.129 e. The van der Waals surface area contributed by atoms with Crippen LogP contribution in [-0.4, -0.2) is 6.29 Å². The minimum absolute atomic E-state index is 0.00557. The van der Waals surface area contributed by atoms with Crippen LogP contribution in [-0.2, 0) is 17.6 Å². The maximum absolute atomic E-state index is 13.6. The zero-order valence-electron chi connectivity index (χ0n) is 12.9. The third-order valence-corrected chi connectivity index (χ3v) is 3.92. The van der Waals surface area contributed by atoms with Gasteiger partial charge in [0.25, 0.3) is 0 Å². The molecule has 0 N–H and O–H groups in total. The summed E-state index contributed by atoms with van der Waals surface area (Å²) in [6.45, 7) is 1.39. The van der Waals surface area contributed by atoms with Crippen LogP contribution >= 0.6 is 0 Å². The second-order valence-corrected chi connectivity index (χ2v) is 5.63. The molecule has 1 unspecified atom stereocenters. The smallest absolute Gasteiger partial charge is 0.129 e. The van der Waals surface area contributed by atoms with Gasteiger partial charge in [0.15, 0.2) is 0 Å². The predicted molar refractivity (Wildman–Crippen MR) is 83.8 cm³/mol. The van der Waals surface area contributed by atoms with Crippen LogP contribution in [0.5, 0.6) is 0 Å². The van der Waals surface area contributed by atoms with Gasteiger partial charge in [-0.05, 0) is 61.6 Å². The normalized spacial score (nSPS) is 11.7. The van der Waals surface area contributed by atoms with Crippen LogP contribution in [0.2, 0.25) is 0 Å². The Balaban J connectivity index is 2.00. The zero-order chi connectivity index (χ0) is 16.8. The lowest BCUT2D eigenvalue weighted by molar-refractivity contribution is -0.111. The van der Waals surface area contributed by atoms with Crippen molar-refractivity contribution in [2.45, 2.75) is 26.2 Å². The number of hydrogen-bond donors (Lipinski definition) is 0. The number of nitriles is 1. The average molecular weight is 313 g/mol. The zero-order valence-corrected chi connectivity index (χ0v) is 12.9. The molecule has 0 spiro atoms. The van der Waals surface area contributed by atoms with Crippen molar-refractivity contribution in [1.82, 2.24) is 0 Å². The van der Waals surface area contributed by atoms with Crippen molar-refractivity contribution in [3.63, 3.8) is 0 Å². The van der Waals surface area contributed by atoms with Crippen molar-refractivity contribution in [3.8, 4) is 6.07 Å². The fraction of sp³-hybridized carbons (Fsp3) is 0.263. The molecule has 2 nitrogen and oxygen atoms in total. The van der Waals surface area contributed by atoms with E-state index >= 15 is 0 Å². The first kappa shape index (κ1) is 16.8. The summed E-state index contributed by atoms with van der Waals surface area (Å²) in [5.74, 6) is -1.47. The van der Waals surface area contributed by atoms with E-state index in [2.05, 4.69) is 6.07 Å². The first-order valence-electron chi connectivity index (χ1n) is 7.42. The van der Waals surface area contributed by atoms with Gasteiger partial charge in [-0.3, -0.25) is 0 Å². The number of carbonyl (C=O) groups is 1. The molecule has 0 amide bonds. The molecule has 0 aliphatic rings. The molecule has 2 aromatic rings. The summed E-state index contributed by atoms with van der Waals surface area (Å²) in [4.78, 5) is 11.2. The highest BCUT2D eigenvalue weighted by Crippen LogP contribution is 2.19. The van der Waals surface area contributed by atoms with Crippen molar-refractivity contribution in [3.05, 3.63) is 70.3 Å². The van der Waals surface area contributed by atoms with Crippen LogP contribution in [0.1, 0.15) is 28.7 Å². The minimum atomic E-state index is -0.586. The highest BCUT2D eigenvalue weighted by molar-refractivity contribution is 5.54. The number of halogens is 2. The van der Waals surface area contributed by atoms with Gasteiger partial charge in [0, 0.05) is 11.5 Å². The average Bonchev–Trinajstić information content (AvgIpc) is 2.56. The van der Waals surface area contributed by atoms with E-state index in [9.17, 15) is 13.6 Å². The van der Waals surface area contributed by atoms with Crippen LogP contribution in [0, 0.1) is 35.8 Å². The highest BCUT2D eigenvalue weighted by Gasteiger charge is 2.13. The number of benzene rings is 2. The SMILES string of the molecule is Cc1c(F)cc(CC(C=O)CCc2ccc(C#N)cc2)cc1F. The number of hydrogen-bond acceptors (Lipinski definition) is 2. The number of rotatable bonds is 6. The van der Waals surface area contributed by atoms with Gasteiger partial charge in [0.05, 0.1) is 11.6 Å². The molecule has 0 saturated heterocycles. The van der Waals surface area contributed by atoms with Crippen LogP contribution in [0.4, 0.5) is 8.78 Å². The molecule has 4 heteroatoms. The summed E-state index contributed by atoms with van der Waals surface area (Å²) in [7, 11) is 0. The molecule has 23 heavy (non-hydrogen) atoms. The van der Waals surface area contributed by atoms with Gasteiger partial charge >= 0.3 is 0 Å². The summed E-state index contributed by atoms with van der Waals surface area (Å²) in [5.41, 5.74) is 2.10. The van der Waals surface area contributed by atoms with Gasteiger partial charge in [0.1, 0.15) is 17.9 Å². The number of aldehydes is 1. The molecule has 0 heterocycles. The number of nitrogens with zero attached hydrogens (tertiary/aromatic N) is 1. The Morgan fingerprint density at radius 1 is 1.13 bits per heavy atom. The quantitative estimate of drug-likeness (QED) is 0.752. The van der Waals surface area contributed by atoms with Crippen LogP contribution in [0.3, 0.4) is 0 Å². The lowest BCUT2D eigenvalue weighted by Gasteiger charge is -2.11. The lowest BCUT2D eigenvalue weighted by atomic mass is 9.93. The second kappa shape index (κ2) is 7.64. The molecule has 2 aromatic carbocycles. The molecule has 2 rings (SSSR count). The van der Waals surface area contributed by atoms with E-state index in [1.807, 2.05) is 12.1 Å². The Labute approximate surface area is 134 Å². The molecular weight excluding hydrogens is 296 g/mol. The monoisotopic (exact) mass is 313 g/mol. The molecule has 0 fully saturated rings. The Hall–Kier alpha value is -2.54. The third-order valence-electron chi connectivity index (χ3n) is 3.92. The first-order chi connectivity index (χ1) is 11.0. The van der Waals surface area contributed by atoms with E-state index in [0.29, 0.717) is 30.4 Å². The van der Waals surface area contributed by atoms with Crippen LogP contribution in [0.25, 0.3) is 0 Å². The van der Waals surface area contributed by atoms with Crippen molar-refractivity contribution in [2.75, 3.05) is 0 Å². The fourth-order valence-corrected chi connectivity index (χ4v) is 2.43. The fourth-order valence-electron chi connectivity index (χ4n) is 2.43. The number of aryl methyl sites for hydroxylation is 1. The van der Waals surface area contributed by atoms with E-state index in [4.69, 9.17) is 5.26 Å². The van der Waals surface area contributed by atoms with Crippen molar-refractivity contribution >= 4 is 6.29 Å².